The summed E-state index contributed by atoms with van der Waals surface area (Å²) in [7, 11) is 0. The van der Waals surface area contributed by atoms with E-state index in [0.717, 1.165) is 22.8 Å². The van der Waals surface area contributed by atoms with Gasteiger partial charge >= 0.3 is 0 Å². The van der Waals surface area contributed by atoms with E-state index in [9.17, 15) is 42.2 Å². The highest BCUT2D eigenvalue weighted by Gasteiger charge is 2.28. The van der Waals surface area contributed by atoms with Gasteiger partial charge in [0.2, 0.25) is 5.78 Å². The van der Waals surface area contributed by atoms with E-state index in [-0.39, 0.29) is 23.1 Å². The molecule has 3 N–H and O–H groups in total. The first-order valence-electron chi connectivity index (χ1n) is 12.1. The smallest absolute Gasteiger partial charge is 0.292 e. The second kappa shape index (κ2) is 11.6. The van der Waals surface area contributed by atoms with Crippen LogP contribution in [0.4, 0.5) is 17.6 Å². The topological polar surface area (TPSA) is 109 Å². The van der Waals surface area contributed by atoms with Crippen molar-refractivity contribution in [3.05, 3.63) is 111 Å². The zero-order valence-electron chi connectivity index (χ0n) is 20.5. The van der Waals surface area contributed by atoms with Gasteiger partial charge in [-0.15, -0.1) is 0 Å². The zero-order valence-corrected chi connectivity index (χ0v) is 20.5. The number of nitrogens with zero attached hydrogens (tertiary/aromatic N) is 1. The number of benzene rings is 2. The highest BCUT2D eigenvalue weighted by molar-refractivity contribution is 6.41. The number of hydrogen-bond donors (Lipinski definition) is 3. The van der Waals surface area contributed by atoms with Crippen LogP contribution in [0.1, 0.15) is 41.5 Å². The Morgan fingerprint density at radius 3 is 2.21 bits per heavy atom. The molecule has 204 valence electrons. The Hall–Kier alpha value is -4.25. The molecule has 0 radical (unpaired) electrons. The molecule has 3 aromatic rings. The monoisotopic (exact) mass is 544 g/mol. The van der Waals surface area contributed by atoms with Crippen LogP contribution < -0.4 is 10.9 Å². The summed E-state index contributed by atoms with van der Waals surface area (Å²) in [6, 6.07) is 6.22. The predicted molar refractivity (Wildman–Crippen MR) is 133 cm³/mol. The number of carbonyl (C=O) groups excluding carboxylic acids is 2. The fraction of sp³-hybridized carbons (Fsp3) is 0.250. The summed E-state index contributed by atoms with van der Waals surface area (Å²) in [6.45, 7) is -0.404. The number of nitrogens with one attached hydrogen (secondary N) is 1. The molecule has 1 aliphatic carbocycles. The van der Waals surface area contributed by atoms with Gasteiger partial charge in [0, 0.05) is 36.4 Å². The molecule has 1 amide bonds. The highest BCUT2D eigenvalue weighted by atomic mass is 19.1. The van der Waals surface area contributed by atoms with Crippen LogP contribution in [-0.2, 0) is 22.6 Å². The van der Waals surface area contributed by atoms with Gasteiger partial charge in [0.05, 0.1) is 24.3 Å². The van der Waals surface area contributed by atoms with Crippen molar-refractivity contribution >= 4 is 17.4 Å². The molecule has 1 fully saturated rings. The molecule has 1 heterocycles. The van der Waals surface area contributed by atoms with E-state index in [0.29, 0.717) is 37.5 Å². The molecule has 39 heavy (non-hydrogen) atoms. The molecule has 0 spiro atoms. The molecule has 2 atom stereocenters. The number of hydrogen-bond acceptors (Lipinski definition) is 5. The molecule has 0 aliphatic heterocycles. The van der Waals surface area contributed by atoms with Crippen LogP contribution in [-0.4, -0.2) is 38.6 Å². The standard InChI is InChI=1S/C28H24F4N2O5/c29-18-6-4-16(21(31)10-18)8-15-9-20(25(36)12-26(37)27(38)33-23-2-1-3-24(23)35)28(39)34(13-15)14-17-5-7-19(30)11-22(17)32/h4-7,9-13,23-24,35-36H,1-3,8,14H2,(H,33,38)/t23-,24-/m1/s1. The lowest BCUT2D eigenvalue weighted by Gasteiger charge is -2.15. The number of amides is 1. The summed E-state index contributed by atoms with van der Waals surface area (Å²) < 4.78 is 56.3. The van der Waals surface area contributed by atoms with Crippen molar-refractivity contribution in [1.29, 1.82) is 0 Å². The number of aromatic nitrogens is 1. The third kappa shape index (κ3) is 6.61. The number of halogens is 4. The molecule has 1 saturated carbocycles. The molecule has 0 bridgehead atoms. The lowest BCUT2D eigenvalue weighted by Crippen LogP contribution is -2.42. The maximum absolute atomic E-state index is 14.3. The minimum Gasteiger partial charge on any atom is -0.507 e. The van der Waals surface area contributed by atoms with Crippen LogP contribution in [0.2, 0.25) is 0 Å². The van der Waals surface area contributed by atoms with Gasteiger partial charge in [0.15, 0.2) is 0 Å². The van der Waals surface area contributed by atoms with Gasteiger partial charge < -0.3 is 20.1 Å². The maximum atomic E-state index is 14.3. The second-order valence-electron chi connectivity index (χ2n) is 9.32. The molecule has 11 heteroatoms. The first kappa shape index (κ1) is 27.8. The minimum absolute atomic E-state index is 0.0505. The molecular formula is C28H24F4N2O5. The van der Waals surface area contributed by atoms with E-state index in [1.54, 1.807) is 0 Å². The summed E-state index contributed by atoms with van der Waals surface area (Å²) in [6.07, 6.45) is 2.43. The van der Waals surface area contributed by atoms with Gasteiger partial charge in [0.25, 0.3) is 11.5 Å². The van der Waals surface area contributed by atoms with Gasteiger partial charge in [-0.3, -0.25) is 14.4 Å². The van der Waals surface area contributed by atoms with Crippen molar-refractivity contribution in [2.24, 2.45) is 0 Å². The summed E-state index contributed by atoms with van der Waals surface area (Å²) in [5.74, 6) is -6.56. The van der Waals surface area contributed by atoms with E-state index in [1.165, 1.54) is 18.3 Å². The molecule has 1 aliphatic rings. The summed E-state index contributed by atoms with van der Waals surface area (Å²) in [5, 5.41) is 22.9. The fourth-order valence-corrected chi connectivity index (χ4v) is 4.43. The van der Waals surface area contributed by atoms with Crippen molar-refractivity contribution < 1.29 is 37.4 Å². The fourth-order valence-electron chi connectivity index (χ4n) is 4.43. The van der Waals surface area contributed by atoms with Crippen molar-refractivity contribution in [1.82, 2.24) is 9.88 Å². The lowest BCUT2D eigenvalue weighted by molar-refractivity contribution is -0.136. The quantitative estimate of drug-likeness (QED) is 0.174. The van der Waals surface area contributed by atoms with Crippen LogP contribution in [0.25, 0.3) is 5.76 Å². The molecular weight excluding hydrogens is 520 g/mol. The van der Waals surface area contributed by atoms with Crippen molar-refractivity contribution in [2.75, 3.05) is 0 Å². The van der Waals surface area contributed by atoms with E-state index in [4.69, 9.17) is 0 Å². The molecule has 0 unspecified atom stereocenters. The largest absolute Gasteiger partial charge is 0.507 e. The van der Waals surface area contributed by atoms with Crippen molar-refractivity contribution in [2.45, 2.75) is 44.4 Å². The van der Waals surface area contributed by atoms with E-state index in [1.807, 2.05) is 0 Å². The Labute approximate surface area is 220 Å². The van der Waals surface area contributed by atoms with Crippen molar-refractivity contribution in [3.63, 3.8) is 0 Å². The lowest BCUT2D eigenvalue weighted by atomic mass is 10.0. The number of rotatable bonds is 8. The number of carbonyl (C=O) groups is 2. The number of ketones is 1. The van der Waals surface area contributed by atoms with Crippen LogP contribution in [0.15, 0.2) is 59.5 Å². The predicted octanol–water partition coefficient (Wildman–Crippen LogP) is 3.54. The van der Waals surface area contributed by atoms with Gasteiger partial charge in [-0.1, -0.05) is 12.1 Å². The Bertz CT molecular complexity index is 1520. The normalized spacial score (nSPS) is 17.3. The molecule has 2 aromatic carbocycles. The molecule has 7 nitrogen and oxygen atoms in total. The third-order valence-corrected chi connectivity index (χ3v) is 6.47. The Kier molecular flexibility index (Phi) is 8.29. The Morgan fingerprint density at radius 1 is 0.974 bits per heavy atom. The van der Waals surface area contributed by atoms with E-state index in [2.05, 4.69) is 5.32 Å². The SMILES string of the molecule is O=C(C=C(O)c1cc(Cc2ccc(F)cc2F)cn(Cc2ccc(F)cc2F)c1=O)C(=O)N[C@@H]1CCC[C@H]1O. The highest BCUT2D eigenvalue weighted by Crippen LogP contribution is 2.20. The van der Waals surface area contributed by atoms with Crippen molar-refractivity contribution in [3.8, 4) is 0 Å². The molecule has 1 aromatic heterocycles. The number of aliphatic hydroxyl groups excluding tert-OH is 2. The van der Waals surface area contributed by atoms with E-state index >= 15 is 0 Å². The zero-order chi connectivity index (χ0) is 28.3. The van der Waals surface area contributed by atoms with E-state index < -0.39 is 70.5 Å². The minimum atomic E-state index is -1.18. The first-order valence-corrected chi connectivity index (χ1v) is 12.1. The Morgan fingerprint density at radius 2 is 1.62 bits per heavy atom. The van der Waals surface area contributed by atoms with Crippen LogP contribution >= 0.6 is 0 Å². The van der Waals surface area contributed by atoms with Gasteiger partial charge in [-0.25, -0.2) is 17.6 Å². The third-order valence-electron chi connectivity index (χ3n) is 6.47. The van der Waals surface area contributed by atoms with Crippen LogP contribution in [0, 0.1) is 23.3 Å². The Balaban J connectivity index is 1.70. The average molecular weight is 545 g/mol. The number of pyridine rings is 1. The van der Waals surface area contributed by atoms with Crippen LogP contribution in [0.3, 0.4) is 0 Å². The maximum Gasteiger partial charge on any atom is 0.292 e. The van der Waals surface area contributed by atoms with Gasteiger partial charge in [-0.2, -0.15) is 0 Å². The molecule has 4 rings (SSSR count). The second-order valence-corrected chi connectivity index (χ2v) is 9.32. The first-order chi connectivity index (χ1) is 18.5. The van der Waals surface area contributed by atoms with Gasteiger partial charge in [-0.05, 0) is 48.6 Å². The number of aliphatic hydroxyl groups is 2. The molecule has 0 saturated heterocycles. The summed E-state index contributed by atoms with van der Waals surface area (Å²) in [4.78, 5) is 37.9. The van der Waals surface area contributed by atoms with Crippen LogP contribution in [0.5, 0.6) is 0 Å². The summed E-state index contributed by atoms with van der Waals surface area (Å²) in [5.41, 5.74) is -1.11. The van der Waals surface area contributed by atoms with Gasteiger partial charge in [0.1, 0.15) is 29.0 Å². The summed E-state index contributed by atoms with van der Waals surface area (Å²) >= 11 is 0. The average Bonchev–Trinajstić information content (AvgIpc) is 3.28.